The van der Waals surface area contributed by atoms with Gasteiger partial charge < -0.3 is 14.0 Å². The third-order valence-corrected chi connectivity index (χ3v) is 3.33. The zero-order valence-electron chi connectivity index (χ0n) is 9.55. The molecule has 2 unspecified atom stereocenters. The van der Waals surface area contributed by atoms with Crippen LogP contribution in [-0.2, 0) is 4.52 Å². The highest BCUT2D eigenvalue weighted by molar-refractivity contribution is 7.10. The van der Waals surface area contributed by atoms with Gasteiger partial charge in [-0.25, -0.2) is 0 Å². The monoisotopic (exact) mass is 279 g/mol. The number of aromatic amines is 1. The summed E-state index contributed by atoms with van der Waals surface area (Å²) in [6.07, 6.45) is 0.0979. The lowest BCUT2D eigenvalue weighted by Gasteiger charge is -2.17. The first-order chi connectivity index (χ1) is 8.71. The fraction of sp³-hybridized carbons (Fsp3) is 0.182. The summed E-state index contributed by atoms with van der Waals surface area (Å²) in [6, 6.07) is 6.85. The predicted octanol–water partition coefficient (Wildman–Crippen LogP) is 2.13. The van der Waals surface area contributed by atoms with E-state index in [1.54, 1.807) is 12.1 Å². The van der Waals surface area contributed by atoms with Crippen molar-refractivity contribution in [2.24, 2.45) is 0 Å². The topological polar surface area (TPSA) is 51.3 Å². The molecule has 0 aliphatic rings. The Morgan fingerprint density at radius 1 is 1.28 bits per heavy atom. The molecule has 1 heterocycles. The maximum absolute atomic E-state index is 11.4. The second-order valence-corrected chi connectivity index (χ2v) is 4.25. The van der Waals surface area contributed by atoms with Crippen LogP contribution in [0.3, 0.4) is 0 Å². The SMILES string of the molecule is [B]C[C@H](OP)c1ccc(OP)c2[nH]c(=O)ccc12. The molecule has 0 aliphatic heterocycles. The van der Waals surface area contributed by atoms with E-state index in [1.165, 1.54) is 6.07 Å². The Kier molecular flexibility index (Phi) is 4.39. The van der Waals surface area contributed by atoms with Crippen molar-refractivity contribution in [1.29, 1.82) is 0 Å². The van der Waals surface area contributed by atoms with Crippen LogP contribution in [0.2, 0.25) is 6.32 Å². The summed E-state index contributed by atoms with van der Waals surface area (Å²) in [7, 11) is 10.0. The molecule has 3 atom stereocenters. The Morgan fingerprint density at radius 3 is 2.67 bits per heavy atom. The van der Waals surface area contributed by atoms with E-state index < -0.39 is 0 Å². The van der Waals surface area contributed by atoms with Gasteiger partial charge in [0, 0.05) is 20.9 Å². The lowest BCUT2D eigenvalue weighted by molar-refractivity contribution is 0.272. The Morgan fingerprint density at radius 2 is 2.06 bits per heavy atom. The molecule has 0 saturated carbocycles. The van der Waals surface area contributed by atoms with Crippen molar-refractivity contribution < 1.29 is 9.05 Å². The zero-order valence-corrected chi connectivity index (χ0v) is 11.9. The number of nitrogens with one attached hydrogen (secondary N) is 1. The maximum Gasteiger partial charge on any atom is 0.248 e. The van der Waals surface area contributed by atoms with Gasteiger partial charge >= 0.3 is 0 Å². The normalized spacial score (nSPS) is 12.6. The van der Waals surface area contributed by atoms with Gasteiger partial charge in [-0.3, -0.25) is 4.79 Å². The van der Waals surface area contributed by atoms with Crippen LogP contribution in [0.5, 0.6) is 5.75 Å². The van der Waals surface area contributed by atoms with E-state index in [0.717, 1.165) is 10.9 Å². The molecule has 1 aromatic carbocycles. The fourth-order valence-corrected chi connectivity index (χ4v) is 2.34. The van der Waals surface area contributed by atoms with Crippen molar-refractivity contribution in [3.05, 3.63) is 40.2 Å². The molecule has 0 saturated heterocycles. The second kappa shape index (κ2) is 5.84. The van der Waals surface area contributed by atoms with Gasteiger partial charge in [0.05, 0.1) is 28.9 Å². The van der Waals surface area contributed by atoms with Crippen LogP contribution in [0.25, 0.3) is 10.9 Å². The summed E-state index contributed by atoms with van der Waals surface area (Å²) < 4.78 is 10.4. The summed E-state index contributed by atoms with van der Waals surface area (Å²) in [4.78, 5) is 14.1. The molecule has 0 spiro atoms. The molecule has 2 radical (unpaired) electrons. The second-order valence-electron chi connectivity index (χ2n) is 3.74. The van der Waals surface area contributed by atoms with Crippen LogP contribution in [-0.4, -0.2) is 12.8 Å². The predicted molar refractivity (Wildman–Crippen MR) is 79.0 cm³/mol. The number of hydrogen-bond acceptors (Lipinski definition) is 3. The minimum Gasteiger partial charge on any atom is -0.478 e. The highest BCUT2D eigenvalue weighted by Crippen LogP contribution is 2.33. The molecule has 0 amide bonds. The molecule has 2 rings (SSSR count). The smallest absolute Gasteiger partial charge is 0.248 e. The summed E-state index contributed by atoms with van der Waals surface area (Å²) in [5.41, 5.74) is 1.36. The molecule has 1 N–H and O–H groups in total. The molecular formula is C11H12BNO3P2. The van der Waals surface area contributed by atoms with E-state index in [4.69, 9.17) is 16.9 Å². The molecule has 0 fully saturated rings. The van der Waals surface area contributed by atoms with Gasteiger partial charge in [0.2, 0.25) is 5.56 Å². The van der Waals surface area contributed by atoms with Crippen LogP contribution in [0.15, 0.2) is 29.1 Å². The number of hydrogen-bond donors (Lipinski definition) is 1. The van der Waals surface area contributed by atoms with E-state index in [1.807, 2.05) is 6.07 Å². The Balaban J connectivity index is 2.74. The quantitative estimate of drug-likeness (QED) is 0.689. The standard InChI is InChI=1S/C11H12BNO3P2/c12-5-9(16-18)6-1-3-8(15-17)11-7(6)2-4-10(14)13-11/h1-4,9H,5,17-18H2,(H,13,14)/t9-/m0/s1. The Bertz CT molecular complexity index is 613. The third kappa shape index (κ3) is 2.44. The number of rotatable bonds is 4. The third-order valence-electron chi connectivity index (χ3n) is 2.74. The van der Waals surface area contributed by atoms with Crippen molar-refractivity contribution in [3.63, 3.8) is 0 Å². The molecule has 1 aromatic heterocycles. The van der Waals surface area contributed by atoms with Crippen molar-refractivity contribution >= 4 is 37.7 Å². The average molecular weight is 279 g/mol. The Hall–Kier alpha value is -0.885. The molecule has 4 nitrogen and oxygen atoms in total. The van der Waals surface area contributed by atoms with Gasteiger partial charge in [0.25, 0.3) is 0 Å². The molecule has 0 bridgehead atoms. The fourth-order valence-electron chi connectivity index (χ4n) is 1.88. The van der Waals surface area contributed by atoms with E-state index in [2.05, 4.69) is 23.9 Å². The van der Waals surface area contributed by atoms with E-state index in [-0.39, 0.29) is 11.7 Å². The van der Waals surface area contributed by atoms with E-state index in [9.17, 15) is 4.79 Å². The van der Waals surface area contributed by atoms with Gasteiger partial charge in [0.15, 0.2) is 0 Å². The number of H-pyrrole nitrogens is 1. The largest absolute Gasteiger partial charge is 0.478 e. The average Bonchev–Trinajstić information content (AvgIpc) is 2.39. The molecule has 18 heavy (non-hydrogen) atoms. The highest BCUT2D eigenvalue weighted by Gasteiger charge is 2.14. The highest BCUT2D eigenvalue weighted by atomic mass is 31.0. The maximum atomic E-state index is 11.4. The lowest BCUT2D eigenvalue weighted by atomic mass is 9.92. The van der Waals surface area contributed by atoms with Crippen molar-refractivity contribution in [2.75, 3.05) is 0 Å². The van der Waals surface area contributed by atoms with Crippen LogP contribution >= 0.6 is 18.9 Å². The number of benzene rings is 1. The van der Waals surface area contributed by atoms with Gasteiger partial charge in [-0.05, 0) is 17.7 Å². The Labute approximate surface area is 110 Å². The lowest BCUT2D eigenvalue weighted by Crippen LogP contribution is -2.06. The molecular weight excluding hydrogens is 267 g/mol. The molecule has 7 heteroatoms. The van der Waals surface area contributed by atoms with Crippen LogP contribution in [0, 0.1) is 0 Å². The van der Waals surface area contributed by atoms with Crippen molar-refractivity contribution in [2.45, 2.75) is 12.4 Å². The first-order valence-corrected chi connectivity index (χ1v) is 6.23. The van der Waals surface area contributed by atoms with Gasteiger partial charge in [-0.1, -0.05) is 12.4 Å². The molecule has 92 valence electrons. The molecule has 2 aromatic rings. The summed E-state index contributed by atoms with van der Waals surface area (Å²) in [5, 5.41) is 0.854. The van der Waals surface area contributed by atoms with Crippen molar-refractivity contribution in [1.82, 2.24) is 4.98 Å². The number of pyridine rings is 1. The first-order valence-electron chi connectivity index (χ1n) is 5.29. The minimum atomic E-state index is -0.248. The van der Waals surface area contributed by atoms with Crippen LogP contribution in [0.4, 0.5) is 0 Å². The minimum absolute atomic E-state index is 0.181. The summed E-state index contributed by atoms with van der Waals surface area (Å²) in [5.74, 6) is 0.580. The van der Waals surface area contributed by atoms with E-state index in [0.29, 0.717) is 17.6 Å². The number of fused-ring (bicyclic) bond motifs is 1. The zero-order chi connectivity index (χ0) is 13.1. The van der Waals surface area contributed by atoms with Crippen molar-refractivity contribution in [3.8, 4) is 5.75 Å². The number of aromatic nitrogens is 1. The van der Waals surface area contributed by atoms with Crippen LogP contribution in [0.1, 0.15) is 11.7 Å². The van der Waals surface area contributed by atoms with Gasteiger partial charge in [-0.2, -0.15) is 0 Å². The first kappa shape index (κ1) is 13.5. The van der Waals surface area contributed by atoms with Gasteiger partial charge in [0.1, 0.15) is 5.75 Å². The van der Waals surface area contributed by atoms with Crippen LogP contribution < -0.4 is 10.1 Å². The van der Waals surface area contributed by atoms with Gasteiger partial charge in [-0.15, -0.1) is 0 Å². The van der Waals surface area contributed by atoms with E-state index >= 15 is 0 Å². The molecule has 0 aliphatic carbocycles. The summed E-state index contributed by atoms with van der Waals surface area (Å²) >= 11 is 0. The summed E-state index contributed by atoms with van der Waals surface area (Å²) in [6.45, 7) is 0.